The highest BCUT2D eigenvalue weighted by atomic mass is 32.1. The van der Waals surface area contributed by atoms with Crippen molar-refractivity contribution in [1.29, 1.82) is 0 Å². The molecule has 7 heteroatoms. The third-order valence-electron chi connectivity index (χ3n) is 1.82. The minimum atomic E-state index is -0.772. The number of H-pyrrole nitrogens is 1. The number of fused-ring (bicyclic) bond motifs is 1. The van der Waals surface area contributed by atoms with Crippen molar-refractivity contribution < 1.29 is 5.11 Å². The summed E-state index contributed by atoms with van der Waals surface area (Å²) >= 11 is 3.98. The van der Waals surface area contributed by atoms with Gasteiger partial charge in [-0.1, -0.05) is 0 Å². The number of rotatable bonds is 2. The van der Waals surface area contributed by atoms with Gasteiger partial charge in [0.1, 0.15) is 17.3 Å². The van der Waals surface area contributed by atoms with Crippen molar-refractivity contribution in [2.45, 2.75) is 6.10 Å². The average Bonchev–Trinajstić information content (AvgIpc) is 2.62. The second kappa shape index (κ2) is 3.43. The molecule has 0 saturated heterocycles. The van der Waals surface area contributed by atoms with Gasteiger partial charge < -0.3 is 15.8 Å². The molecule has 0 fully saturated rings. The molecule has 0 bridgehead atoms. The van der Waals surface area contributed by atoms with Crippen LogP contribution < -0.4 is 5.73 Å². The van der Waals surface area contributed by atoms with Crippen molar-refractivity contribution in [2.24, 2.45) is 0 Å². The Morgan fingerprint density at radius 1 is 1.57 bits per heavy atom. The van der Waals surface area contributed by atoms with Crippen LogP contribution >= 0.6 is 12.6 Å². The first-order valence-electron chi connectivity index (χ1n) is 3.97. The van der Waals surface area contributed by atoms with E-state index in [1.807, 2.05) is 0 Å². The van der Waals surface area contributed by atoms with Gasteiger partial charge in [-0.25, -0.2) is 9.97 Å². The number of aliphatic hydroxyl groups excluding tert-OH is 1. The lowest BCUT2D eigenvalue weighted by molar-refractivity contribution is 0.201. The number of nitrogen functional groups attached to an aromatic ring is 1. The maximum atomic E-state index is 9.60. The Kier molecular flexibility index (Phi) is 2.26. The number of hydrogen-bond acceptors (Lipinski definition) is 6. The molecule has 1 atom stereocenters. The van der Waals surface area contributed by atoms with Crippen molar-refractivity contribution in [3.8, 4) is 0 Å². The predicted octanol–water partition coefficient (Wildman–Crippen LogP) is -0.102. The quantitative estimate of drug-likeness (QED) is 0.520. The van der Waals surface area contributed by atoms with Crippen LogP contribution in [-0.4, -0.2) is 30.8 Å². The lowest BCUT2D eigenvalue weighted by Gasteiger charge is -2.07. The first-order chi connectivity index (χ1) is 6.72. The number of hydrogen-bond donors (Lipinski definition) is 4. The summed E-state index contributed by atoms with van der Waals surface area (Å²) in [5.41, 5.74) is 6.94. The molecule has 2 aromatic heterocycles. The third kappa shape index (κ3) is 1.40. The number of aromatic nitrogens is 4. The molecule has 0 aliphatic heterocycles. The van der Waals surface area contributed by atoms with Crippen LogP contribution in [0.25, 0.3) is 11.2 Å². The Labute approximate surface area is 85.0 Å². The monoisotopic (exact) mass is 211 g/mol. The molecule has 0 aliphatic carbocycles. The van der Waals surface area contributed by atoms with Crippen LogP contribution in [0.3, 0.4) is 0 Å². The number of aliphatic hydroxyl groups is 1. The zero-order valence-electron chi connectivity index (χ0n) is 7.18. The number of nitrogens with zero attached hydrogens (tertiary/aromatic N) is 3. The van der Waals surface area contributed by atoms with Gasteiger partial charge in [-0.3, -0.25) is 0 Å². The van der Waals surface area contributed by atoms with Crippen LogP contribution in [0.5, 0.6) is 0 Å². The normalized spacial score (nSPS) is 13.3. The van der Waals surface area contributed by atoms with Crippen molar-refractivity contribution >= 4 is 29.7 Å². The maximum Gasteiger partial charge on any atom is 0.222 e. The first-order valence-corrected chi connectivity index (χ1v) is 4.61. The van der Waals surface area contributed by atoms with Crippen molar-refractivity contribution in [1.82, 2.24) is 19.9 Å². The molecule has 2 heterocycles. The fourth-order valence-corrected chi connectivity index (χ4v) is 1.37. The lowest BCUT2D eigenvalue weighted by Crippen LogP contribution is -2.07. The second-order valence-electron chi connectivity index (χ2n) is 2.77. The minimum Gasteiger partial charge on any atom is -0.386 e. The molecule has 0 aromatic carbocycles. The molecule has 0 amide bonds. The largest absolute Gasteiger partial charge is 0.386 e. The van der Waals surface area contributed by atoms with E-state index in [9.17, 15) is 5.11 Å². The van der Waals surface area contributed by atoms with Gasteiger partial charge in [0.25, 0.3) is 0 Å². The smallest absolute Gasteiger partial charge is 0.222 e. The van der Waals surface area contributed by atoms with Gasteiger partial charge in [0.15, 0.2) is 5.65 Å². The van der Waals surface area contributed by atoms with Crippen LogP contribution in [0, 0.1) is 0 Å². The zero-order valence-corrected chi connectivity index (χ0v) is 8.07. The van der Waals surface area contributed by atoms with Gasteiger partial charge in [0.2, 0.25) is 5.95 Å². The van der Waals surface area contributed by atoms with Gasteiger partial charge in [-0.2, -0.15) is 17.6 Å². The number of imidazole rings is 1. The van der Waals surface area contributed by atoms with E-state index >= 15 is 0 Å². The highest BCUT2D eigenvalue weighted by Gasteiger charge is 2.14. The predicted molar refractivity (Wildman–Crippen MR) is 54.9 cm³/mol. The Morgan fingerprint density at radius 3 is 3.07 bits per heavy atom. The lowest BCUT2D eigenvalue weighted by atomic mass is 10.2. The highest BCUT2D eigenvalue weighted by Crippen LogP contribution is 2.19. The molecular formula is C7H9N5OS. The van der Waals surface area contributed by atoms with Crippen LogP contribution in [0.2, 0.25) is 0 Å². The average molecular weight is 211 g/mol. The molecule has 0 saturated carbocycles. The summed E-state index contributed by atoms with van der Waals surface area (Å²) in [6.45, 7) is 0. The van der Waals surface area contributed by atoms with Gasteiger partial charge in [-0.15, -0.1) is 0 Å². The topological polar surface area (TPSA) is 101 Å². The van der Waals surface area contributed by atoms with Gasteiger partial charge in [0.05, 0.1) is 6.33 Å². The van der Waals surface area contributed by atoms with Gasteiger partial charge >= 0.3 is 0 Å². The Balaban J connectivity index is 2.66. The van der Waals surface area contributed by atoms with E-state index in [1.54, 1.807) is 0 Å². The first kappa shape index (κ1) is 9.22. The fraction of sp³-hybridized carbons (Fsp3) is 0.286. The number of anilines is 1. The van der Waals surface area contributed by atoms with Crippen LogP contribution in [0.15, 0.2) is 6.33 Å². The molecule has 0 aliphatic rings. The van der Waals surface area contributed by atoms with E-state index in [0.29, 0.717) is 16.9 Å². The summed E-state index contributed by atoms with van der Waals surface area (Å²) in [4.78, 5) is 14.6. The standard InChI is InChI=1S/C7H9N5OS/c8-7-11-4(3(13)1-14)5-6(12-7)10-2-9-5/h2-3,13-14H,1H2,(H3,8,9,10,11,12). The third-order valence-corrected chi connectivity index (χ3v) is 2.17. The Bertz CT molecular complexity index is 456. The number of nitrogens with one attached hydrogen (secondary N) is 1. The molecule has 74 valence electrons. The molecule has 2 aromatic rings. The highest BCUT2D eigenvalue weighted by molar-refractivity contribution is 7.80. The Hall–Kier alpha value is -1.34. The van der Waals surface area contributed by atoms with Gasteiger partial charge in [0, 0.05) is 5.75 Å². The SMILES string of the molecule is Nc1nc(C(O)CS)c2[nH]cnc2n1. The van der Waals surface area contributed by atoms with Crippen LogP contribution in [-0.2, 0) is 0 Å². The van der Waals surface area contributed by atoms with E-state index in [4.69, 9.17) is 5.73 Å². The summed E-state index contributed by atoms with van der Waals surface area (Å²) in [7, 11) is 0. The fourth-order valence-electron chi connectivity index (χ4n) is 1.20. The van der Waals surface area contributed by atoms with Crippen LogP contribution in [0.1, 0.15) is 11.8 Å². The number of nitrogens with two attached hydrogens (primary N) is 1. The molecule has 14 heavy (non-hydrogen) atoms. The van der Waals surface area contributed by atoms with Crippen molar-refractivity contribution in [3.63, 3.8) is 0 Å². The number of thiol groups is 1. The molecule has 0 radical (unpaired) electrons. The molecule has 4 N–H and O–H groups in total. The summed E-state index contributed by atoms with van der Waals surface area (Å²) < 4.78 is 0. The summed E-state index contributed by atoms with van der Waals surface area (Å²) in [5, 5.41) is 9.60. The second-order valence-corrected chi connectivity index (χ2v) is 3.13. The summed E-state index contributed by atoms with van der Waals surface area (Å²) in [6.07, 6.45) is 0.708. The van der Waals surface area contributed by atoms with Crippen LogP contribution in [0.4, 0.5) is 5.95 Å². The Morgan fingerprint density at radius 2 is 2.36 bits per heavy atom. The molecule has 2 rings (SSSR count). The van der Waals surface area contributed by atoms with Crippen molar-refractivity contribution in [3.05, 3.63) is 12.0 Å². The molecule has 6 nitrogen and oxygen atoms in total. The number of aromatic amines is 1. The summed E-state index contributed by atoms with van der Waals surface area (Å²) in [5.74, 6) is 0.366. The van der Waals surface area contributed by atoms with Crippen molar-refractivity contribution in [2.75, 3.05) is 11.5 Å². The molecule has 0 spiro atoms. The maximum absolute atomic E-state index is 9.60. The molecule has 1 unspecified atom stereocenters. The minimum absolute atomic E-state index is 0.0976. The zero-order chi connectivity index (χ0) is 10.1. The van der Waals surface area contributed by atoms with E-state index < -0.39 is 6.10 Å². The van der Waals surface area contributed by atoms with E-state index in [0.717, 1.165) is 0 Å². The van der Waals surface area contributed by atoms with E-state index in [2.05, 4.69) is 32.6 Å². The summed E-state index contributed by atoms with van der Waals surface area (Å²) in [6, 6.07) is 0. The molecular weight excluding hydrogens is 202 g/mol. The van der Waals surface area contributed by atoms with Gasteiger partial charge in [-0.05, 0) is 0 Å². The van der Waals surface area contributed by atoms with E-state index in [-0.39, 0.29) is 11.7 Å². The van der Waals surface area contributed by atoms with E-state index in [1.165, 1.54) is 6.33 Å².